The van der Waals surface area contributed by atoms with Crippen LogP contribution in [-0.4, -0.2) is 50.6 Å². The molecule has 0 bridgehead atoms. The van der Waals surface area contributed by atoms with Crippen LogP contribution >= 0.6 is 0 Å². The Morgan fingerprint density at radius 3 is 2.69 bits per heavy atom. The van der Waals surface area contributed by atoms with E-state index in [1.165, 1.54) is 38.0 Å². The zero-order valence-electron chi connectivity index (χ0n) is 18.6. The van der Waals surface area contributed by atoms with Gasteiger partial charge in [-0.05, 0) is 78.3 Å². The molecule has 2 aromatic rings. The highest BCUT2D eigenvalue weighted by Crippen LogP contribution is 2.34. The lowest BCUT2D eigenvalue weighted by molar-refractivity contribution is -0.122. The fraction of sp³-hybridized carbons (Fsp3) is 0.696. The van der Waals surface area contributed by atoms with Crippen molar-refractivity contribution in [2.45, 2.75) is 78.2 Å². The van der Waals surface area contributed by atoms with Gasteiger partial charge in [-0.1, -0.05) is 0 Å². The van der Waals surface area contributed by atoms with Gasteiger partial charge in [0.15, 0.2) is 5.65 Å². The molecule has 1 atom stereocenters. The van der Waals surface area contributed by atoms with Crippen LogP contribution in [-0.2, 0) is 11.2 Å². The summed E-state index contributed by atoms with van der Waals surface area (Å²) in [6.07, 6.45) is 5.17. The summed E-state index contributed by atoms with van der Waals surface area (Å²) in [7, 11) is 0. The van der Waals surface area contributed by atoms with Crippen LogP contribution in [0.25, 0.3) is 5.65 Å². The summed E-state index contributed by atoms with van der Waals surface area (Å²) < 4.78 is 1.99. The molecule has 29 heavy (non-hydrogen) atoms. The summed E-state index contributed by atoms with van der Waals surface area (Å²) in [5.74, 6) is 1.54. The van der Waals surface area contributed by atoms with Crippen molar-refractivity contribution in [3.05, 3.63) is 28.7 Å². The van der Waals surface area contributed by atoms with Crippen molar-refractivity contribution in [1.82, 2.24) is 24.8 Å². The summed E-state index contributed by atoms with van der Waals surface area (Å²) in [6.45, 7) is 13.8. The molecule has 1 N–H and O–H groups in total. The molecule has 4 rings (SSSR count). The Balaban J connectivity index is 1.48. The minimum Gasteiger partial charge on any atom is -0.351 e. The lowest BCUT2D eigenvalue weighted by Crippen LogP contribution is -2.40. The van der Waals surface area contributed by atoms with Crippen LogP contribution in [0.2, 0.25) is 0 Å². The van der Waals surface area contributed by atoms with Crippen molar-refractivity contribution >= 4 is 11.6 Å². The number of rotatable bonds is 6. The SMILES string of the molecule is Cc1nc2cc([C@@H]3CCN(CC4CC4)C3)nn2c(C)c1CCC(=O)NC(C)(C)C. The Morgan fingerprint density at radius 2 is 2.00 bits per heavy atom. The van der Waals surface area contributed by atoms with Gasteiger partial charge in [-0.25, -0.2) is 9.50 Å². The number of nitrogens with one attached hydrogen (secondary N) is 1. The predicted octanol–water partition coefficient (Wildman–Crippen LogP) is 3.39. The Morgan fingerprint density at radius 1 is 1.24 bits per heavy atom. The van der Waals surface area contributed by atoms with Gasteiger partial charge < -0.3 is 10.2 Å². The number of carbonyl (C=O) groups excluding carboxylic acids is 1. The third-order valence-corrected chi connectivity index (χ3v) is 6.20. The first-order valence-corrected chi connectivity index (χ1v) is 11.1. The molecule has 0 radical (unpaired) electrons. The molecule has 1 aliphatic heterocycles. The van der Waals surface area contributed by atoms with E-state index in [1.807, 2.05) is 32.2 Å². The van der Waals surface area contributed by atoms with Crippen LogP contribution in [0, 0.1) is 19.8 Å². The maximum absolute atomic E-state index is 12.2. The Kier molecular flexibility index (Phi) is 5.40. The van der Waals surface area contributed by atoms with Crippen molar-refractivity contribution in [2.24, 2.45) is 5.92 Å². The molecular weight excluding hydrogens is 362 g/mol. The van der Waals surface area contributed by atoms with Crippen molar-refractivity contribution in [3.8, 4) is 0 Å². The molecule has 1 amide bonds. The van der Waals surface area contributed by atoms with E-state index >= 15 is 0 Å². The molecular formula is C23H35N5O. The summed E-state index contributed by atoms with van der Waals surface area (Å²) in [6, 6.07) is 2.17. The number of fused-ring (bicyclic) bond motifs is 1. The normalized spacial score (nSPS) is 20.5. The molecule has 2 aromatic heterocycles. The first-order chi connectivity index (χ1) is 13.7. The van der Waals surface area contributed by atoms with E-state index in [1.54, 1.807) is 0 Å². The van der Waals surface area contributed by atoms with E-state index < -0.39 is 0 Å². The number of carbonyl (C=O) groups is 1. The minimum atomic E-state index is -0.199. The molecule has 3 heterocycles. The fourth-order valence-electron chi connectivity index (χ4n) is 4.53. The van der Waals surface area contributed by atoms with Crippen molar-refractivity contribution in [3.63, 3.8) is 0 Å². The van der Waals surface area contributed by atoms with Gasteiger partial charge in [0.05, 0.1) is 5.69 Å². The standard InChI is InChI=1S/C23H35N5O/c1-15-19(8-9-22(29)25-23(3,4)5)16(2)28-21(24-15)12-20(26-28)18-10-11-27(14-18)13-17-6-7-17/h12,17-18H,6-11,13-14H2,1-5H3,(H,25,29)/t18-/m1/s1. The maximum Gasteiger partial charge on any atom is 0.220 e. The van der Waals surface area contributed by atoms with Gasteiger partial charge in [-0.3, -0.25) is 4.79 Å². The van der Waals surface area contributed by atoms with Crippen molar-refractivity contribution in [2.75, 3.05) is 19.6 Å². The predicted molar refractivity (Wildman–Crippen MR) is 115 cm³/mol. The minimum absolute atomic E-state index is 0.0826. The van der Waals surface area contributed by atoms with Crippen LogP contribution in [0.3, 0.4) is 0 Å². The highest BCUT2D eigenvalue weighted by Gasteiger charge is 2.31. The quantitative estimate of drug-likeness (QED) is 0.812. The summed E-state index contributed by atoms with van der Waals surface area (Å²) in [4.78, 5) is 19.7. The Bertz CT molecular complexity index is 906. The van der Waals surface area contributed by atoms with E-state index in [-0.39, 0.29) is 11.4 Å². The summed E-state index contributed by atoms with van der Waals surface area (Å²) >= 11 is 0. The highest BCUT2D eigenvalue weighted by atomic mass is 16.1. The van der Waals surface area contributed by atoms with E-state index in [9.17, 15) is 4.79 Å². The lowest BCUT2D eigenvalue weighted by atomic mass is 10.0. The second kappa shape index (κ2) is 7.71. The van der Waals surface area contributed by atoms with Crippen LogP contribution in [0.1, 0.15) is 75.0 Å². The molecule has 1 saturated carbocycles. The summed E-state index contributed by atoms with van der Waals surface area (Å²) in [5.41, 5.74) is 5.15. The molecule has 0 unspecified atom stereocenters. The van der Waals surface area contributed by atoms with Gasteiger partial charge in [0.2, 0.25) is 5.91 Å². The van der Waals surface area contributed by atoms with E-state index in [4.69, 9.17) is 10.1 Å². The van der Waals surface area contributed by atoms with Gasteiger partial charge in [-0.2, -0.15) is 5.10 Å². The third-order valence-electron chi connectivity index (χ3n) is 6.20. The van der Waals surface area contributed by atoms with Crippen LogP contribution in [0.5, 0.6) is 0 Å². The smallest absolute Gasteiger partial charge is 0.220 e. The first kappa shape index (κ1) is 20.3. The van der Waals surface area contributed by atoms with Gasteiger partial charge in [0.1, 0.15) is 0 Å². The largest absolute Gasteiger partial charge is 0.351 e. The molecule has 158 valence electrons. The molecule has 1 aliphatic carbocycles. The number of aryl methyl sites for hydroxylation is 2. The maximum atomic E-state index is 12.2. The van der Waals surface area contributed by atoms with E-state index in [0.717, 1.165) is 35.1 Å². The Labute approximate surface area is 174 Å². The topological polar surface area (TPSA) is 62.5 Å². The number of nitrogens with zero attached hydrogens (tertiary/aromatic N) is 4. The third kappa shape index (κ3) is 4.80. The molecule has 2 fully saturated rings. The van der Waals surface area contributed by atoms with Gasteiger partial charge in [0.25, 0.3) is 0 Å². The van der Waals surface area contributed by atoms with E-state index in [2.05, 4.69) is 23.2 Å². The van der Waals surface area contributed by atoms with Crippen LogP contribution in [0.15, 0.2) is 6.07 Å². The number of amides is 1. The molecule has 0 aromatic carbocycles. The average Bonchev–Trinajstić information content (AvgIpc) is 3.12. The van der Waals surface area contributed by atoms with Crippen molar-refractivity contribution in [1.29, 1.82) is 0 Å². The summed E-state index contributed by atoms with van der Waals surface area (Å²) in [5, 5.41) is 7.98. The zero-order chi connectivity index (χ0) is 20.8. The first-order valence-electron chi connectivity index (χ1n) is 11.1. The van der Waals surface area contributed by atoms with E-state index in [0.29, 0.717) is 18.8 Å². The molecule has 1 saturated heterocycles. The number of hydrogen-bond donors (Lipinski definition) is 1. The molecule has 2 aliphatic rings. The average molecular weight is 398 g/mol. The number of hydrogen-bond acceptors (Lipinski definition) is 4. The highest BCUT2D eigenvalue weighted by molar-refractivity contribution is 5.77. The van der Waals surface area contributed by atoms with Crippen molar-refractivity contribution < 1.29 is 4.79 Å². The molecule has 6 nitrogen and oxygen atoms in total. The lowest BCUT2D eigenvalue weighted by Gasteiger charge is -2.20. The second-order valence-corrected chi connectivity index (χ2v) is 10.1. The van der Waals surface area contributed by atoms with Crippen LogP contribution < -0.4 is 5.32 Å². The Hall–Kier alpha value is -1.95. The second-order valence-electron chi connectivity index (χ2n) is 10.1. The monoisotopic (exact) mass is 397 g/mol. The van der Waals surface area contributed by atoms with Gasteiger partial charge in [-0.15, -0.1) is 0 Å². The zero-order valence-corrected chi connectivity index (χ0v) is 18.6. The van der Waals surface area contributed by atoms with Gasteiger partial charge >= 0.3 is 0 Å². The van der Waals surface area contributed by atoms with Crippen LogP contribution in [0.4, 0.5) is 0 Å². The fourth-order valence-corrected chi connectivity index (χ4v) is 4.53. The number of likely N-dealkylation sites (tertiary alicyclic amines) is 1. The molecule has 6 heteroatoms. The van der Waals surface area contributed by atoms with Gasteiger partial charge in [0, 0.05) is 48.4 Å². The number of aromatic nitrogens is 3. The molecule has 0 spiro atoms.